The highest BCUT2D eigenvalue weighted by Gasteiger charge is 2.28. The standard InChI is InChI=1S/C10H19NO3/c1-8(7-14-2)5-11-4-3-9(6-11)10(12)13/h8-9H,3-7H2,1-2H3,(H,12,13). The summed E-state index contributed by atoms with van der Waals surface area (Å²) < 4.78 is 5.05. The van der Waals surface area contributed by atoms with Gasteiger partial charge in [-0.15, -0.1) is 0 Å². The van der Waals surface area contributed by atoms with Gasteiger partial charge in [0.15, 0.2) is 0 Å². The quantitative estimate of drug-likeness (QED) is 0.710. The minimum absolute atomic E-state index is 0.162. The second-order valence-electron chi connectivity index (χ2n) is 4.14. The van der Waals surface area contributed by atoms with Crippen molar-refractivity contribution < 1.29 is 14.6 Å². The molecule has 0 aromatic carbocycles. The lowest BCUT2D eigenvalue weighted by Crippen LogP contribution is -2.29. The van der Waals surface area contributed by atoms with Crippen LogP contribution in [0, 0.1) is 11.8 Å². The van der Waals surface area contributed by atoms with Crippen LogP contribution in [0.3, 0.4) is 0 Å². The summed E-state index contributed by atoms with van der Waals surface area (Å²) in [5.74, 6) is -0.343. The Morgan fingerprint density at radius 1 is 1.71 bits per heavy atom. The predicted molar refractivity (Wildman–Crippen MR) is 53.2 cm³/mol. The summed E-state index contributed by atoms with van der Waals surface area (Å²) in [7, 11) is 1.69. The molecule has 4 nitrogen and oxygen atoms in total. The van der Waals surface area contributed by atoms with Gasteiger partial charge in [-0.2, -0.15) is 0 Å². The summed E-state index contributed by atoms with van der Waals surface area (Å²) in [6.07, 6.45) is 0.787. The zero-order chi connectivity index (χ0) is 10.6. The first-order chi connectivity index (χ1) is 6.63. The Kier molecular flexibility index (Phi) is 4.35. The summed E-state index contributed by atoms with van der Waals surface area (Å²) in [5.41, 5.74) is 0. The number of nitrogens with zero attached hydrogens (tertiary/aromatic N) is 1. The van der Waals surface area contributed by atoms with E-state index in [1.165, 1.54) is 0 Å². The summed E-state index contributed by atoms with van der Waals surface area (Å²) in [6, 6.07) is 0. The first-order valence-corrected chi connectivity index (χ1v) is 5.07. The van der Waals surface area contributed by atoms with Crippen LogP contribution in [0.15, 0.2) is 0 Å². The van der Waals surface area contributed by atoms with Crippen LogP contribution in [0.1, 0.15) is 13.3 Å². The van der Waals surface area contributed by atoms with Gasteiger partial charge in [0.2, 0.25) is 0 Å². The molecule has 0 spiro atoms. The molecule has 0 aliphatic carbocycles. The number of ether oxygens (including phenoxy) is 1. The Labute approximate surface area is 84.8 Å². The first-order valence-electron chi connectivity index (χ1n) is 5.07. The van der Waals surface area contributed by atoms with E-state index in [0.29, 0.717) is 12.5 Å². The van der Waals surface area contributed by atoms with Crippen LogP contribution in [0.2, 0.25) is 0 Å². The topological polar surface area (TPSA) is 49.8 Å². The third kappa shape index (κ3) is 3.27. The smallest absolute Gasteiger partial charge is 0.307 e. The molecule has 0 aromatic heterocycles. The second-order valence-corrected chi connectivity index (χ2v) is 4.14. The van der Waals surface area contributed by atoms with Crippen LogP contribution in [0.4, 0.5) is 0 Å². The molecule has 82 valence electrons. The van der Waals surface area contributed by atoms with E-state index in [9.17, 15) is 4.79 Å². The number of carboxylic acids is 1. The van der Waals surface area contributed by atoms with Crippen molar-refractivity contribution in [1.29, 1.82) is 0 Å². The maximum Gasteiger partial charge on any atom is 0.307 e. The van der Waals surface area contributed by atoms with Crippen LogP contribution in [0.5, 0.6) is 0 Å². The molecule has 1 N–H and O–H groups in total. The van der Waals surface area contributed by atoms with Crippen LogP contribution in [0.25, 0.3) is 0 Å². The fourth-order valence-corrected chi connectivity index (χ4v) is 1.98. The lowest BCUT2D eigenvalue weighted by Gasteiger charge is -2.19. The van der Waals surface area contributed by atoms with Crippen molar-refractivity contribution in [3.8, 4) is 0 Å². The molecule has 1 saturated heterocycles. The Bertz CT molecular complexity index is 196. The van der Waals surface area contributed by atoms with Crippen LogP contribution < -0.4 is 0 Å². The lowest BCUT2D eigenvalue weighted by atomic mass is 10.1. The minimum Gasteiger partial charge on any atom is -0.481 e. The molecular formula is C10H19NO3. The molecular weight excluding hydrogens is 182 g/mol. The van der Waals surface area contributed by atoms with Gasteiger partial charge in [0.05, 0.1) is 5.92 Å². The largest absolute Gasteiger partial charge is 0.481 e. The fraction of sp³-hybridized carbons (Fsp3) is 0.900. The normalized spacial score (nSPS) is 25.1. The number of carbonyl (C=O) groups is 1. The first kappa shape index (κ1) is 11.5. The third-order valence-electron chi connectivity index (χ3n) is 2.64. The molecule has 2 atom stereocenters. The van der Waals surface area contributed by atoms with E-state index in [1.54, 1.807) is 7.11 Å². The Hall–Kier alpha value is -0.610. The van der Waals surface area contributed by atoms with Gasteiger partial charge in [0, 0.05) is 26.8 Å². The molecule has 0 bridgehead atoms. The summed E-state index contributed by atoms with van der Waals surface area (Å²) >= 11 is 0. The summed E-state index contributed by atoms with van der Waals surface area (Å²) in [4.78, 5) is 12.9. The number of carboxylic acid groups (broad SMARTS) is 1. The van der Waals surface area contributed by atoms with Gasteiger partial charge in [-0.25, -0.2) is 0 Å². The summed E-state index contributed by atoms with van der Waals surface area (Å²) in [6.45, 7) is 5.41. The van der Waals surface area contributed by atoms with Crippen molar-refractivity contribution in [2.75, 3.05) is 33.4 Å². The molecule has 14 heavy (non-hydrogen) atoms. The molecule has 1 heterocycles. The van der Waals surface area contributed by atoms with E-state index in [2.05, 4.69) is 11.8 Å². The third-order valence-corrected chi connectivity index (χ3v) is 2.64. The molecule has 1 aliphatic heterocycles. The van der Waals surface area contributed by atoms with Gasteiger partial charge in [0.25, 0.3) is 0 Å². The maximum absolute atomic E-state index is 10.7. The van der Waals surface area contributed by atoms with Crippen molar-refractivity contribution in [2.24, 2.45) is 11.8 Å². The molecule has 1 fully saturated rings. The highest BCUT2D eigenvalue weighted by Crippen LogP contribution is 2.17. The van der Waals surface area contributed by atoms with E-state index in [4.69, 9.17) is 9.84 Å². The SMILES string of the molecule is COCC(C)CN1CCC(C(=O)O)C1. The number of aliphatic carboxylic acids is 1. The molecule has 0 radical (unpaired) electrons. The lowest BCUT2D eigenvalue weighted by molar-refractivity contribution is -0.141. The molecule has 0 saturated carbocycles. The minimum atomic E-state index is -0.660. The van der Waals surface area contributed by atoms with E-state index in [0.717, 1.165) is 26.1 Å². The highest BCUT2D eigenvalue weighted by atomic mass is 16.5. The van der Waals surface area contributed by atoms with Gasteiger partial charge in [-0.3, -0.25) is 4.79 Å². The van der Waals surface area contributed by atoms with Gasteiger partial charge < -0.3 is 14.7 Å². The van der Waals surface area contributed by atoms with Crippen molar-refractivity contribution in [1.82, 2.24) is 4.90 Å². The van der Waals surface area contributed by atoms with E-state index < -0.39 is 5.97 Å². The highest BCUT2D eigenvalue weighted by molar-refractivity contribution is 5.70. The van der Waals surface area contributed by atoms with Crippen molar-refractivity contribution >= 4 is 5.97 Å². The van der Waals surface area contributed by atoms with Crippen molar-refractivity contribution in [3.05, 3.63) is 0 Å². The van der Waals surface area contributed by atoms with Crippen molar-refractivity contribution in [2.45, 2.75) is 13.3 Å². The molecule has 1 rings (SSSR count). The van der Waals surface area contributed by atoms with Crippen LogP contribution in [-0.4, -0.2) is 49.3 Å². The Morgan fingerprint density at radius 2 is 2.43 bits per heavy atom. The zero-order valence-corrected chi connectivity index (χ0v) is 8.90. The number of likely N-dealkylation sites (tertiary alicyclic amines) is 1. The molecule has 0 amide bonds. The Balaban J connectivity index is 2.25. The van der Waals surface area contributed by atoms with Crippen molar-refractivity contribution in [3.63, 3.8) is 0 Å². The molecule has 0 aromatic rings. The molecule has 4 heteroatoms. The van der Waals surface area contributed by atoms with E-state index in [-0.39, 0.29) is 5.92 Å². The summed E-state index contributed by atoms with van der Waals surface area (Å²) in [5, 5.41) is 8.82. The van der Waals surface area contributed by atoms with Gasteiger partial charge in [-0.1, -0.05) is 6.92 Å². The average molecular weight is 201 g/mol. The fourth-order valence-electron chi connectivity index (χ4n) is 1.98. The van der Waals surface area contributed by atoms with E-state index >= 15 is 0 Å². The number of methoxy groups -OCH3 is 1. The van der Waals surface area contributed by atoms with E-state index in [1.807, 2.05) is 0 Å². The van der Waals surface area contributed by atoms with Crippen LogP contribution >= 0.6 is 0 Å². The maximum atomic E-state index is 10.7. The molecule has 2 unspecified atom stereocenters. The Morgan fingerprint density at radius 3 is 2.93 bits per heavy atom. The monoisotopic (exact) mass is 201 g/mol. The number of hydrogen-bond donors (Lipinski definition) is 1. The average Bonchev–Trinajstić information content (AvgIpc) is 2.53. The molecule has 1 aliphatic rings. The zero-order valence-electron chi connectivity index (χ0n) is 8.90. The van der Waals surface area contributed by atoms with Gasteiger partial charge in [0.1, 0.15) is 0 Å². The second kappa shape index (κ2) is 5.32. The number of rotatable bonds is 5. The predicted octanol–water partition coefficient (Wildman–Crippen LogP) is 0.675. The number of hydrogen-bond acceptors (Lipinski definition) is 3. The van der Waals surface area contributed by atoms with Crippen LogP contribution in [-0.2, 0) is 9.53 Å². The van der Waals surface area contributed by atoms with Gasteiger partial charge >= 0.3 is 5.97 Å². The van der Waals surface area contributed by atoms with Gasteiger partial charge in [-0.05, 0) is 18.9 Å².